The summed E-state index contributed by atoms with van der Waals surface area (Å²) in [5, 5.41) is 13.3. The Morgan fingerprint density at radius 2 is 2.06 bits per heavy atom. The van der Waals surface area contributed by atoms with Crippen molar-refractivity contribution in [2.24, 2.45) is 0 Å². The first-order chi connectivity index (χ1) is 8.29. The van der Waals surface area contributed by atoms with Crippen LogP contribution in [-0.2, 0) is 12.8 Å². The first-order valence-corrected chi connectivity index (χ1v) is 6.84. The van der Waals surface area contributed by atoms with E-state index in [9.17, 15) is 5.11 Å². The minimum Gasteiger partial charge on any atom is -0.388 e. The van der Waals surface area contributed by atoms with Crippen molar-refractivity contribution in [1.29, 1.82) is 0 Å². The summed E-state index contributed by atoms with van der Waals surface area (Å²) < 4.78 is 0. The summed E-state index contributed by atoms with van der Waals surface area (Å²) in [7, 11) is 0. The van der Waals surface area contributed by atoms with Crippen LogP contribution in [0.4, 0.5) is 0 Å². The fraction of sp³-hybridized carbons (Fsp3) is 0.357. The van der Waals surface area contributed by atoms with Crippen molar-refractivity contribution >= 4 is 11.3 Å². The maximum Gasteiger partial charge on any atom is 0.0928 e. The van der Waals surface area contributed by atoms with Gasteiger partial charge in [0.05, 0.1) is 16.8 Å². The molecule has 2 nitrogen and oxygen atoms in total. The molecule has 1 N–H and O–H groups in total. The van der Waals surface area contributed by atoms with Gasteiger partial charge in [-0.05, 0) is 18.4 Å². The van der Waals surface area contributed by atoms with E-state index < -0.39 is 6.10 Å². The normalized spacial score (nSPS) is 12.6. The van der Waals surface area contributed by atoms with Gasteiger partial charge in [-0.2, -0.15) is 0 Å². The third kappa shape index (κ3) is 3.38. The van der Waals surface area contributed by atoms with Crippen LogP contribution in [0.2, 0.25) is 0 Å². The minimum absolute atomic E-state index is 0.451. The Bertz CT molecular complexity index is 452. The molecule has 0 aliphatic heterocycles. The van der Waals surface area contributed by atoms with Crippen LogP contribution in [-0.4, -0.2) is 10.1 Å². The lowest BCUT2D eigenvalue weighted by molar-refractivity contribution is 0.177. The summed E-state index contributed by atoms with van der Waals surface area (Å²) >= 11 is 1.69. The van der Waals surface area contributed by atoms with Gasteiger partial charge < -0.3 is 5.11 Å². The quantitative estimate of drug-likeness (QED) is 0.878. The standard InChI is InChI=1S/C14H17NOS/c1-2-6-14-15-12(10-17-14)9-13(16)11-7-4-3-5-8-11/h3-5,7-8,10,13,16H,2,6,9H2,1H3. The van der Waals surface area contributed by atoms with E-state index >= 15 is 0 Å². The van der Waals surface area contributed by atoms with E-state index in [1.807, 2.05) is 30.3 Å². The average molecular weight is 247 g/mol. The Hall–Kier alpha value is -1.19. The van der Waals surface area contributed by atoms with E-state index in [4.69, 9.17) is 0 Å². The van der Waals surface area contributed by atoms with E-state index in [2.05, 4.69) is 17.3 Å². The van der Waals surface area contributed by atoms with E-state index in [1.54, 1.807) is 11.3 Å². The van der Waals surface area contributed by atoms with Gasteiger partial charge in [-0.3, -0.25) is 0 Å². The molecule has 90 valence electrons. The number of rotatable bonds is 5. The maximum absolute atomic E-state index is 10.1. The number of aromatic nitrogens is 1. The largest absolute Gasteiger partial charge is 0.388 e. The number of benzene rings is 1. The van der Waals surface area contributed by atoms with Gasteiger partial charge >= 0.3 is 0 Å². The molecule has 17 heavy (non-hydrogen) atoms. The van der Waals surface area contributed by atoms with Crippen molar-refractivity contribution in [1.82, 2.24) is 4.98 Å². The summed E-state index contributed by atoms with van der Waals surface area (Å²) in [5.74, 6) is 0. The van der Waals surface area contributed by atoms with Crippen LogP contribution < -0.4 is 0 Å². The van der Waals surface area contributed by atoms with E-state index in [1.165, 1.54) is 5.01 Å². The SMILES string of the molecule is CCCc1nc(CC(O)c2ccccc2)cs1. The molecule has 1 aromatic carbocycles. The number of aryl methyl sites for hydroxylation is 1. The lowest BCUT2D eigenvalue weighted by Crippen LogP contribution is -2.01. The van der Waals surface area contributed by atoms with Crippen LogP contribution in [0.25, 0.3) is 0 Å². The highest BCUT2D eigenvalue weighted by atomic mass is 32.1. The fourth-order valence-corrected chi connectivity index (χ4v) is 2.68. The van der Waals surface area contributed by atoms with Crippen LogP contribution >= 0.6 is 11.3 Å². The van der Waals surface area contributed by atoms with Crippen molar-refractivity contribution in [3.8, 4) is 0 Å². The van der Waals surface area contributed by atoms with Crippen LogP contribution in [0.3, 0.4) is 0 Å². The minimum atomic E-state index is -0.451. The molecule has 2 rings (SSSR count). The molecule has 0 saturated carbocycles. The van der Waals surface area contributed by atoms with Gasteiger partial charge in [-0.1, -0.05) is 37.3 Å². The lowest BCUT2D eigenvalue weighted by atomic mass is 10.1. The summed E-state index contributed by atoms with van der Waals surface area (Å²) in [6.07, 6.45) is 2.30. The van der Waals surface area contributed by atoms with Crippen molar-refractivity contribution in [2.75, 3.05) is 0 Å². The van der Waals surface area contributed by atoms with Gasteiger partial charge in [0.25, 0.3) is 0 Å². The predicted octanol–water partition coefficient (Wildman–Crippen LogP) is 3.37. The number of nitrogens with zero attached hydrogens (tertiary/aromatic N) is 1. The molecule has 1 atom stereocenters. The van der Waals surface area contributed by atoms with Gasteiger partial charge in [0, 0.05) is 11.8 Å². The molecule has 0 fully saturated rings. The Balaban J connectivity index is 2.00. The highest BCUT2D eigenvalue weighted by Gasteiger charge is 2.10. The molecule has 0 radical (unpaired) electrons. The Morgan fingerprint density at radius 1 is 1.29 bits per heavy atom. The predicted molar refractivity (Wildman–Crippen MR) is 71.2 cm³/mol. The summed E-state index contributed by atoms with van der Waals surface area (Å²) in [6.45, 7) is 2.15. The molecular weight excluding hydrogens is 230 g/mol. The molecule has 0 bridgehead atoms. The van der Waals surface area contributed by atoms with Crippen molar-refractivity contribution in [3.05, 3.63) is 52.0 Å². The Labute approximate surface area is 106 Å². The number of hydrogen-bond acceptors (Lipinski definition) is 3. The average Bonchev–Trinajstić information content (AvgIpc) is 2.78. The van der Waals surface area contributed by atoms with Gasteiger partial charge in [-0.25, -0.2) is 4.98 Å². The monoisotopic (exact) mass is 247 g/mol. The Morgan fingerprint density at radius 3 is 2.76 bits per heavy atom. The molecule has 1 unspecified atom stereocenters. The first kappa shape index (κ1) is 12.3. The van der Waals surface area contributed by atoms with E-state index in [0.717, 1.165) is 24.1 Å². The maximum atomic E-state index is 10.1. The zero-order chi connectivity index (χ0) is 12.1. The molecule has 3 heteroatoms. The molecular formula is C14H17NOS. The van der Waals surface area contributed by atoms with Crippen LogP contribution in [0, 0.1) is 0 Å². The zero-order valence-corrected chi connectivity index (χ0v) is 10.8. The molecule has 0 aliphatic carbocycles. The van der Waals surface area contributed by atoms with Gasteiger partial charge in [0.15, 0.2) is 0 Å². The van der Waals surface area contributed by atoms with Crippen LogP contribution in [0.5, 0.6) is 0 Å². The second kappa shape index (κ2) is 5.94. The van der Waals surface area contributed by atoms with Gasteiger partial charge in [0.2, 0.25) is 0 Å². The number of aliphatic hydroxyl groups excluding tert-OH is 1. The third-order valence-corrected chi connectivity index (χ3v) is 3.61. The third-order valence-electron chi connectivity index (χ3n) is 2.65. The molecule has 0 aliphatic rings. The number of hydrogen-bond donors (Lipinski definition) is 1. The summed E-state index contributed by atoms with van der Waals surface area (Å²) in [5.41, 5.74) is 1.95. The summed E-state index contributed by atoms with van der Waals surface area (Å²) in [4.78, 5) is 4.52. The van der Waals surface area contributed by atoms with Crippen LogP contribution in [0.1, 0.15) is 35.7 Å². The van der Waals surface area contributed by atoms with E-state index in [0.29, 0.717) is 6.42 Å². The van der Waals surface area contributed by atoms with Crippen molar-refractivity contribution in [2.45, 2.75) is 32.3 Å². The van der Waals surface area contributed by atoms with Crippen molar-refractivity contribution < 1.29 is 5.11 Å². The molecule has 0 saturated heterocycles. The van der Waals surface area contributed by atoms with Gasteiger partial charge in [-0.15, -0.1) is 11.3 Å². The first-order valence-electron chi connectivity index (χ1n) is 5.96. The fourth-order valence-electron chi connectivity index (χ4n) is 1.76. The molecule has 0 spiro atoms. The summed E-state index contributed by atoms with van der Waals surface area (Å²) in [6, 6.07) is 9.75. The second-order valence-corrected chi connectivity index (χ2v) is 5.06. The topological polar surface area (TPSA) is 33.1 Å². The molecule has 1 heterocycles. The smallest absolute Gasteiger partial charge is 0.0928 e. The Kier molecular flexibility index (Phi) is 4.29. The highest BCUT2D eigenvalue weighted by molar-refractivity contribution is 7.09. The van der Waals surface area contributed by atoms with Gasteiger partial charge in [0.1, 0.15) is 0 Å². The van der Waals surface area contributed by atoms with Crippen LogP contribution in [0.15, 0.2) is 35.7 Å². The molecule has 0 amide bonds. The lowest BCUT2D eigenvalue weighted by Gasteiger charge is -2.08. The van der Waals surface area contributed by atoms with E-state index in [-0.39, 0.29) is 0 Å². The molecule has 2 aromatic rings. The molecule has 1 aromatic heterocycles. The highest BCUT2D eigenvalue weighted by Crippen LogP contribution is 2.20. The number of aliphatic hydroxyl groups is 1. The zero-order valence-electron chi connectivity index (χ0n) is 9.97. The second-order valence-electron chi connectivity index (χ2n) is 4.11. The number of thiazole rings is 1. The van der Waals surface area contributed by atoms with Crippen molar-refractivity contribution in [3.63, 3.8) is 0 Å².